The van der Waals surface area contributed by atoms with Crippen LogP contribution < -0.4 is 11.3 Å². The van der Waals surface area contributed by atoms with Gasteiger partial charge in [0, 0.05) is 11.8 Å². The van der Waals surface area contributed by atoms with Gasteiger partial charge >= 0.3 is 5.69 Å². The van der Waals surface area contributed by atoms with E-state index in [0.717, 1.165) is 0 Å². The molecule has 0 aliphatic heterocycles. The number of benzene rings is 1. The predicted octanol–water partition coefficient (Wildman–Crippen LogP) is 1.63. The van der Waals surface area contributed by atoms with Crippen LogP contribution >= 0.6 is 12.4 Å². The molecule has 4 N–H and O–H groups in total. The minimum absolute atomic E-state index is 0. The first-order valence-electron chi connectivity index (χ1n) is 5.48. The van der Waals surface area contributed by atoms with Gasteiger partial charge in [-0.05, 0) is 30.3 Å². The summed E-state index contributed by atoms with van der Waals surface area (Å²) in [6, 6.07) is 6.63. The average Bonchev–Trinajstić information content (AvgIpc) is 2.46. The van der Waals surface area contributed by atoms with Gasteiger partial charge in [-0.1, -0.05) is 0 Å². The highest BCUT2D eigenvalue weighted by molar-refractivity contribution is 6.12. The Bertz CT molecular complexity index is 675. The molecule has 0 bridgehead atoms. The third kappa shape index (κ3) is 3.25. The normalized spacial score (nSPS) is 9.57. The van der Waals surface area contributed by atoms with Gasteiger partial charge in [-0.25, -0.2) is 10.8 Å². The lowest BCUT2D eigenvalue weighted by Crippen LogP contribution is -2.14. The molecule has 21 heavy (non-hydrogen) atoms. The fraction of sp³-hybridized carbons (Fsp3) is 0. The number of nitrogens with zero attached hydrogens (tertiary/aromatic N) is 2. The van der Waals surface area contributed by atoms with Crippen molar-refractivity contribution in [2.45, 2.75) is 0 Å². The fourth-order valence-corrected chi connectivity index (χ4v) is 1.70. The maximum Gasteiger partial charge on any atom is 0.323 e. The first-order chi connectivity index (χ1) is 9.54. The summed E-state index contributed by atoms with van der Waals surface area (Å²) in [4.78, 5) is 26.3. The molecule has 0 saturated carbocycles. The van der Waals surface area contributed by atoms with E-state index in [2.05, 4.69) is 10.4 Å². The molecule has 2 rings (SSSR count). The fourth-order valence-electron chi connectivity index (χ4n) is 1.70. The summed E-state index contributed by atoms with van der Waals surface area (Å²) in [5.74, 6) is 4.40. The SMILES string of the molecule is Cl.NNc1nccc(C(=O)c2ccc(O)cc2)c1[N+](=O)[O-]. The highest BCUT2D eigenvalue weighted by atomic mass is 35.5. The number of aromatic hydroxyl groups is 1. The molecule has 2 aromatic rings. The van der Waals surface area contributed by atoms with E-state index >= 15 is 0 Å². The maximum atomic E-state index is 12.3. The van der Waals surface area contributed by atoms with E-state index in [-0.39, 0.29) is 35.1 Å². The number of halogens is 1. The van der Waals surface area contributed by atoms with Crippen molar-refractivity contribution in [1.29, 1.82) is 0 Å². The second-order valence-corrected chi connectivity index (χ2v) is 3.83. The van der Waals surface area contributed by atoms with Crippen LogP contribution in [0.2, 0.25) is 0 Å². The number of hydrogen-bond acceptors (Lipinski definition) is 7. The smallest absolute Gasteiger partial charge is 0.323 e. The van der Waals surface area contributed by atoms with E-state index in [4.69, 9.17) is 5.84 Å². The lowest BCUT2D eigenvalue weighted by Gasteiger charge is -2.06. The molecular formula is C12H11ClN4O4. The number of carbonyl (C=O) groups excluding carboxylic acids is 1. The Morgan fingerprint density at radius 2 is 1.90 bits per heavy atom. The minimum Gasteiger partial charge on any atom is -0.508 e. The highest BCUT2D eigenvalue weighted by Crippen LogP contribution is 2.28. The summed E-state index contributed by atoms with van der Waals surface area (Å²) in [6.07, 6.45) is 1.25. The average molecular weight is 311 g/mol. The molecule has 1 heterocycles. The van der Waals surface area contributed by atoms with Crippen LogP contribution in [0.5, 0.6) is 5.75 Å². The topological polar surface area (TPSA) is 131 Å². The molecule has 0 aliphatic carbocycles. The third-order valence-electron chi connectivity index (χ3n) is 2.62. The van der Waals surface area contributed by atoms with Crippen LogP contribution in [0.15, 0.2) is 36.5 Å². The lowest BCUT2D eigenvalue weighted by molar-refractivity contribution is -0.384. The van der Waals surface area contributed by atoms with Crippen LogP contribution in [-0.2, 0) is 0 Å². The Morgan fingerprint density at radius 1 is 1.29 bits per heavy atom. The molecule has 0 aliphatic rings. The number of nitrogens with one attached hydrogen (secondary N) is 1. The molecule has 1 aromatic heterocycles. The number of nitro groups is 1. The lowest BCUT2D eigenvalue weighted by atomic mass is 10.0. The van der Waals surface area contributed by atoms with Crippen molar-refractivity contribution in [2.75, 3.05) is 5.43 Å². The van der Waals surface area contributed by atoms with Gasteiger partial charge in [0.2, 0.25) is 5.82 Å². The standard InChI is InChI=1S/C12H10N4O4.ClH/c13-15-12-10(16(19)20)9(5-6-14-12)11(18)7-1-3-8(17)4-2-7;/h1-6,17H,13H2,(H,14,15);1H. The zero-order chi connectivity index (χ0) is 14.7. The quantitative estimate of drug-likeness (QED) is 0.338. The van der Waals surface area contributed by atoms with Gasteiger partial charge in [0.25, 0.3) is 0 Å². The zero-order valence-corrected chi connectivity index (χ0v) is 11.3. The summed E-state index contributed by atoms with van der Waals surface area (Å²) >= 11 is 0. The molecule has 0 radical (unpaired) electrons. The maximum absolute atomic E-state index is 12.3. The number of phenols is 1. The minimum atomic E-state index is -0.726. The van der Waals surface area contributed by atoms with Gasteiger partial charge in [-0.3, -0.25) is 14.9 Å². The van der Waals surface area contributed by atoms with E-state index in [0.29, 0.717) is 0 Å². The summed E-state index contributed by atoms with van der Waals surface area (Å²) in [5, 5.41) is 20.2. The number of aromatic nitrogens is 1. The number of anilines is 1. The number of hydrogen-bond donors (Lipinski definition) is 3. The highest BCUT2D eigenvalue weighted by Gasteiger charge is 2.26. The van der Waals surface area contributed by atoms with E-state index in [9.17, 15) is 20.0 Å². The zero-order valence-electron chi connectivity index (χ0n) is 10.5. The molecule has 0 atom stereocenters. The number of pyridine rings is 1. The van der Waals surface area contributed by atoms with Crippen LogP contribution in [0.1, 0.15) is 15.9 Å². The van der Waals surface area contributed by atoms with Gasteiger partial charge in [-0.15, -0.1) is 12.4 Å². The molecule has 0 amide bonds. The van der Waals surface area contributed by atoms with Crippen molar-refractivity contribution in [3.05, 3.63) is 57.8 Å². The summed E-state index contributed by atoms with van der Waals surface area (Å²) in [7, 11) is 0. The van der Waals surface area contributed by atoms with Crippen molar-refractivity contribution >= 4 is 29.7 Å². The Hall–Kier alpha value is -2.71. The number of ketones is 1. The van der Waals surface area contributed by atoms with Crippen LogP contribution in [0, 0.1) is 10.1 Å². The van der Waals surface area contributed by atoms with Crippen molar-refractivity contribution in [3.8, 4) is 5.75 Å². The first kappa shape index (κ1) is 16.3. The van der Waals surface area contributed by atoms with Gasteiger partial charge in [0.05, 0.1) is 4.92 Å². The van der Waals surface area contributed by atoms with Gasteiger partial charge < -0.3 is 10.5 Å². The van der Waals surface area contributed by atoms with Crippen molar-refractivity contribution in [1.82, 2.24) is 4.98 Å². The van der Waals surface area contributed by atoms with Gasteiger partial charge in [-0.2, -0.15) is 0 Å². The molecule has 8 nitrogen and oxygen atoms in total. The number of nitrogens with two attached hydrogens (primary N) is 1. The molecule has 9 heteroatoms. The second kappa shape index (κ2) is 6.64. The Balaban J connectivity index is 0.00000220. The summed E-state index contributed by atoms with van der Waals surface area (Å²) in [5.41, 5.74) is 1.67. The monoisotopic (exact) mass is 310 g/mol. The number of carbonyl (C=O) groups is 1. The number of nitrogen functional groups attached to an aromatic ring is 1. The van der Waals surface area contributed by atoms with Crippen molar-refractivity contribution in [3.63, 3.8) is 0 Å². The number of hydrazine groups is 1. The van der Waals surface area contributed by atoms with E-state index < -0.39 is 16.4 Å². The molecule has 0 unspecified atom stereocenters. The number of rotatable bonds is 4. The van der Waals surface area contributed by atoms with Crippen molar-refractivity contribution in [2.24, 2.45) is 5.84 Å². The Labute approximate surface area is 125 Å². The van der Waals surface area contributed by atoms with Crippen LogP contribution in [0.4, 0.5) is 11.5 Å². The van der Waals surface area contributed by atoms with E-state index in [1.807, 2.05) is 0 Å². The van der Waals surface area contributed by atoms with Gasteiger partial charge in [0.1, 0.15) is 11.3 Å². The second-order valence-electron chi connectivity index (χ2n) is 3.83. The Morgan fingerprint density at radius 3 is 2.43 bits per heavy atom. The van der Waals surface area contributed by atoms with Crippen LogP contribution in [-0.4, -0.2) is 20.8 Å². The largest absolute Gasteiger partial charge is 0.508 e. The van der Waals surface area contributed by atoms with Crippen molar-refractivity contribution < 1.29 is 14.8 Å². The number of phenolic OH excluding ortho intramolecular Hbond substituents is 1. The Kier molecular flexibility index (Phi) is 5.17. The van der Waals surface area contributed by atoms with E-state index in [1.54, 1.807) is 0 Å². The molecule has 0 fully saturated rings. The predicted molar refractivity (Wildman–Crippen MR) is 77.5 cm³/mol. The van der Waals surface area contributed by atoms with Crippen LogP contribution in [0.3, 0.4) is 0 Å². The molecule has 0 saturated heterocycles. The molecule has 0 spiro atoms. The van der Waals surface area contributed by atoms with Crippen LogP contribution in [0.25, 0.3) is 0 Å². The third-order valence-corrected chi connectivity index (χ3v) is 2.62. The van der Waals surface area contributed by atoms with Gasteiger partial charge in [0.15, 0.2) is 5.78 Å². The molecule has 110 valence electrons. The summed E-state index contributed by atoms with van der Waals surface area (Å²) < 4.78 is 0. The molecular weight excluding hydrogens is 300 g/mol. The summed E-state index contributed by atoms with van der Waals surface area (Å²) in [6.45, 7) is 0. The first-order valence-corrected chi connectivity index (χ1v) is 5.48. The van der Waals surface area contributed by atoms with E-state index in [1.165, 1.54) is 36.5 Å². The molecule has 1 aromatic carbocycles.